The molecule has 0 bridgehead atoms. The summed E-state index contributed by atoms with van der Waals surface area (Å²) in [7, 11) is 0. The highest BCUT2D eigenvalue weighted by atomic mass is 16.3. The number of amides is 1. The lowest BCUT2D eigenvalue weighted by atomic mass is 9.68. The quantitative estimate of drug-likeness (QED) is 0.812. The van der Waals surface area contributed by atoms with Gasteiger partial charge in [-0.25, -0.2) is 0 Å². The van der Waals surface area contributed by atoms with Gasteiger partial charge in [0, 0.05) is 24.5 Å². The summed E-state index contributed by atoms with van der Waals surface area (Å²) >= 11 is 0. The lowest BCUT2D eigenvalue weighted by Crippen LogP contribution is -2.46. The number of carbonyl (C=O) groups is 1. The van der Waals surface area contributed by atoms with E-state index in [9.17, 15) is 9.90 Å². The van der Waals surface area contributed by atoms with Crippen LogP contribution in [0.3, 0.4) is 0 Å². The van der Waals surface area contributed by atoms with Crippen LogP contribution >= 0.6 is 0 Å². The third-order valence-corrected chi connectivity index (χ3v) is 5.04. The minimum Gasteiger partial charge on any atom is -0.396 e. The fraction of sp³-hybridized carbons (Fsp3) is 0.933. The average Bonchev–Trinajstić information content (AvgIpc) is 2.75. The first-order valence-corrected chi connectivity index (χ1v) is 7.46. The number of aliphatic hydroxyl groups is 1. The van der Waals surface area contributed by atoms with Gasteiger partial charge in [0.2, 0.25) is 5.91 Å². The molecule has 104 valence electrons. The fourth-order valence-corrected chi connectivity index (χ4v) is 3.71. The number of hydrogen-bond acceptors (Lipinski definition) is 2. The van der Waals surface area contributed by atoms with Crippen molar-refractivity contribution < 1.29 is 9.90 Å². The molecule has 2 fully saturated rings. The predicted molar refractivity (Wildman–Crippen MR) is 72.1 cm³/mol. The van der Waals surface area contributed by atoms with E-state index in [-0.39, 0.29) is 35.8 Å². The topological polar surface area (TPSA) is 49.3 Å². The first-order valence-electron chi connectivity index (χ1n) is 7.46. The van der Waals surface area contributed by atoms with Crippen molar-refractivity contribution in [3.05, 3.63) is 0 Å². The highest BCUT2D eigenvalue weighted by Crippen LogP contribution is 2.41. The van der Waals surface area contributed by atoms with Gasteiger partial charge in [-0.3, -0.25) is 4.79 Å². The van der Waals surface area contributed by atoms with Gasteiger partial charge in [-0.1, -0.05) is 33.1 Å². The van der Waals surface area contributed by atoms with Crippen LogP contribution in [0.5, 0.6) is 0 Å². The fourth-order valence-electron chi connectivity index (χ4n) is 3.71. The molecular weight excluding hydrogens is 226 g/mol. The Morgan fingerprint density at radius 2 is 2.00 bits per heavy atom. The van der Waals surface area contributed by atoms with Gasteiger partial charge in [-0.2, -0.15) is 0 Å². The van der Waals surface area contributed by atoms with Crippen molar-refractivity contribution in [2.45, 2.75) is 64.8 Å². The lowest BCUT2D eigenvalue weighted by Gasteiger charge is -2.38. The summed E-state index contributed by atoms with van der Waals surface area (Å²) in [6.45, 7) is 4.64. The van der Waals surface area contributed by atoms with Crippen molar-refractivity contribution in [1.82, 2.24) is 5.32 Å². The molecule has 2 N–H and O–H groups in total. The molecule has 2 rings (SSSR count). The zero-order valence-electron chi connectivity index (χ0n) is 11.7. The van der Waals surface area contributed by atoms with Crippen LogP contribution in [0.2, 0.25) is 0 Å². The van der Waals surface area contributed by atoms with E-state index in [2.05, 4.69) is 19.2 Å². The Balaban J connectivity index is 1.94. The van der Waals surface area contributed by atoms with E-state index in [1.54, 1.807) is 0 Å². The molecule has 0 radical (unpaired) electrons. The standard InChI is InChI=1S/C15H27NO2/c1-15(2)9-4-3-7-12(15)14(18)16-13-8-5-6-11(13)10-17/h11-13,17H,3-10H2,1-2H3,(H,16,18). The highest BCUT2D eigenvalue weighted by molar-refractivity contribution is 5.79. The summed E-state index contributed by atoms with van der Waals surface area (Å²) in [6.07, 6.45) is 7.81. The van der Waals surface area contributed by atoms with Gasteiger partial charge in [-0.05, 0) is 31.1 Å². The maximum Gasteiger partial charge on any atom is 0.223 e. The van der Waals surface area contributed by atoms with Crippen LogP contribution in [0.15, 0.2) is 0 Å². The van der Waals surface area contributed by atoms with Crippen molar-refractivity contribution in [3.8, 4) is 0 Å². The Morgan fingerprint density at radius 3 is 2.67 bits per heavy atom. The van der Waals surface area contributed by atoms with E-state index in [0.29, 0.717) is 0 Å². The Labute approximate surface area is 110 Å². The lowest BCUT2D eigenvalue weighted by molar-refractivity contribution is -0.131. The maximum absolute atomic E-state index is 12.4. The molecule has 0 heterocycles. The minimum atomic E-state index is 0.135. The molecule has 0 aromatic heterocycles. The Hall–Kier alpha value is -0.570. The smallest absolute Gasteiger partial charge is 0.223 e. The second-order valence-corrected chi connectivity index (χ2v) is 6.78. The predicted octanol–water partition coefficient (Wildman–Crippen LogP) is 2.48. The molecule has 1 amide bonds. The average molecular weight is 253 g/mol. The summed E-state index contributed by atoms with van der Waals surface area (Å²) in [5.41, 5.74) is 0.135. The van der Waals surface area contributed by atoms with Gasteiger partial charge in [-0.15, -0.1) is 0 Å². The maximum atomic E-state index is 12.4. The normalized spacial score (nSPS) is 35.4. The van der Waals surface area contributed by atoms with Crippen molar-refractivity contribution in [3.63, 3.8) is 0 Å². The summed E-state index contributed by atoms with van der Waals surface area (Å²) in [5, 5.41) is 12.5. The van der Waals surface area contributed by atoms with E-state index >= 15 is 0 Å². The molecule has 3 atom stereocenters. The second kappa shape index (κ2) is 5.60. The van der Waals surface area contributed by atoms with Gasteiger partial charge < -0.3 is 10.4 Å². The second-order valence-electron chi connectivity index (χ2n) is 6.78. The minimum absolute atomic E-state index is 0.135. The third-order valence-electron chi connectivity index (χ3n) is 5.04. The molecule has 2 aliphatic rings. The van der Waals surface area contributed by atoms with Crippen molar-refractivity contribution in [2.75, 3.05) is 6.61 Å². The van der Waals surface area contributed by atoms with Crippen LogP contribution in [0, 0.1) is 17.3 Å². The van der Waals surface area contributed by atoms with Gasteiger partial charge in [0.15, 0.2) is 0 Å². The molecule has 18 heavy (non-hydrogen) atoms. The van der Waals surface area contributed by atoms with Crippen LogP contribution < -0.4 is 5.32 Å². The van der Waals surface area contributed by atoms with Gasteiger partial charge in [0.1, 0.15) is 0 Å². The highest BCUT2D eigenvalue weighted by Gasteiger charge is 2.39. The number of aliphatic hydroxyl groups excluding tert-OH is 1. The van der Waals surface area contributed by atoms with E-state index in [0.717, 1.165) is 32.1 Å². The number of carbonyl (C=O) groups excluding carboxylic acids is 1. The summed E-state index contributed by atoms with van der Waals surface area (Å²) < 4.78 is 0. The summed E-state index contributed by atoms with van der Waals surface area (Å²) in [5.74, 6) is 0.664. The molecule has 0 aromatic rings. The zero-order valence-corrected chi connectivity index (χ0v) is 11.7. The molecule has 0 spiro atoms. The summed E-state index contributed by atoms with van der Waals surface area (Å²) in [6, 6.07) is 0.209. The van der Waals surface area contributed by atoms with Crippen LogP contribution in [-0.4, -0.2) is 23.7 Å². The largest absolute Gasteiger partial charge is 0.396 e. The monoisotopic (exact) mass is 253 g/mol. The van der Waals surface area contributed by atoms with Gasteiger partial charge in [0.25, 0.3) is 0 Å². The van der Waals surface area contributed by atoms with Crippen LogP contribution in [0.25, 0.3) is 0 Å². The number of rotatable bonds is 3. The molecule has 3 unspecified atom stereocenters. The number of nitrogens with one attached hydrogen (secondary N) is 1. The Morgan fingerprint density at radius 1 is 1.22 bits per heavy atom. The molecule has 2 aliphatic carbocycles. The first kappa shape index (κ1) is 13.9. The van der Waals surface area contributed by atoms with Gasteiger partial charge in [0.05, 0.1) is 0 Å². The Bertz CT molecular complexity index is 301. The molecule has 0 saturated heterocycles. The molecule has 3 nitrogen and oxygen atoms in total. The van der Waals surface area contributed by atoms with Gasteiger partial charge >= 0.3 is 0 Å². The number of hydrogen-bond donors (Lipinski definition) is 2. The molecular formula is C15H27NO2. The summed E-state index contributed by atoms with van der Waals surface area (Å²) in [4.78, 5) is 12.4. The Kier molecular flexibility index (Phi) is 4.31. The zero-order chi connectivity index (χ0) is 13.2. The van der Waals surface area contributed by atoms with E-state index in [1.165, 1.54) is 12.8 Å². The van der Waals surface area contributed by atoms with Crippen LogP contribution in [0.4, 0.5) is 0 Å². The molecule has 2 saturated carbocycles. The molecule has 0 aromatic carbocycles. The van der Waals surface area contributed by atoms with Crippen molar-refractivity contribution in [2.24, 2.45) is 17.3 Å². The van der Waals surface area contributed by atoms with Crippen molar-refractivity contribution >= 4 is 5.91 Å². The third kappa shape index (κ3) is 2.87. The molecule has 3 heteroatoms. The van der Waals surface area contributed by atoms with Crippen LogP contribution in [-0.2, 0) is 4.79 Å². The van der Waals surface area contributed by atoms with E-state index in [4.69, 9.17) is 0 Å². The van der Waals surface area contributed by atoms with E-state index in [1.807, 2.05) is 0 Å². The SMILES string of the molecule is CC1(C)CCCCC1C(=O)NC1CCCC1CO. The molecule has 0 aliphatic heterocycles. The van der Waals surface area contributed by atoms with Crippen LogP contribution in [0.1, 0.15) is 58.8 Å². The van der Waals surface area contributed by atoms with E-state index < -0.39 is 0 Å². The first-order chi connectivity index (χ1) is 8.54. The van der Waals surface area contributed by atoms with Crippen molar-refractivity contribution in [1.29, 1.82) is 0 Å².